The number of phenolic OH excluding ortho intramolecular Hbond substituents is 1. The van der Waals surface area contributed by atoms with Crippen molar-refractivity contribution in [1.29, 1.82) is 0 Å². The first kappa shape index (κ1) is 9.42. The number of rotatable bonds is 1. The Bertz CT molecular complexity index is 501. The van der Waals surface area contributed by atoms with Crippen LogP contribution < -0.4 is 5.32 Å². The Morgan fingerprint density at radius 2 is 2.06 bits per heavy atom. The predicted octanol–water partition coefficient (Wildman–Crippen LogP) is 1.36. The van der Waals surface area contributed by atoms with Crippen LogP contribution in [0, 0.1) is 0 Å². The number of phenols is 1. The lowest BCUT2D eigenvalue weighted by Crippen LogP contribution is -2.28. The Kier molecular flexibility index (Phi) is 2.15. The van der Waals surface area contributed by atoms with E-state index in [0.717, 1.165) is 30.8 Å². The third-order valence-corrected chi connectivity index (χ3v) is 2.92. The smallest absolute Gasteiger partial charge is 0.115 e. The lowest BCUT2D eigenvalue weighted by Gasteiger charge is -2.16. The van der Waals surface area contributed by atoms with Crippen molar-refractivity contribution in [2.45, 2.75) is 13.1 Å². The molecule has 0 aliphatic carbocycles. The first-order valence-corrected chi connectivity index (χ1v) is 5.39. The van der Waals surface area contributed by atoms with E-state index in [-0.39, 0.29) is 0 Å². The third-order valence-electron chi connectivity index (χ3n) is 2.92. The zero-order chi connectivity index (χ0) is 11.0. The number of hydrogen-bond donors (Lipinski definition) is 2. The van der Waals surface area contributed by atoms with Crippen LogP contribution in [0.3, 0.4) is 0 Å². The monoisotopic (exact) mass is 215 g/mol. The van der Waals surface area contributed by atoms with E-state index in [0.29, 0.717) is 5.75 Å². The molecule has 1 aliphatic rings. The van der Waals surface area contributed by atoms with E-state index >= 15 is 0 Å². The molecule has 0 saturated heterocycles. The summed E-state index contributed by atoms with van der Waals surface area (Å²) in [7, 11) is 0. The van der Waals surface area contributed by atoms with Gasteiger partial charge in [-0.15, -0.1) is 0 Å². The van der Waals surface area contributed by atoms with Crippen LogP contribution in [0.25, 0.3) is 11.1 Å². The first-order chi connectivity index (χ1) is 7.84. The van der Waals surface area contributed by atoms with Gasteiger partial charge < -0.3 is 10.4 Å². The van der Waals surface area contributed by atoms with Crippen molar-refractivity contribution in [3.8, 4) is 16.9 Å². The first-order valence-electron chi connectivity index (χ1n) is 5.39. The third kappa shape index (κ3) is 1.47. The number of benzene rings is 1. The van der Waals surface area contributed by atoms with Gasteiger partial charge in [0, 0.05) is 18.7 Å². The van der Waals surface area contributed by atoms with Crippen molar-refractivity contribution in [3.05, 3.63) is 36.2 Å². The molecule has 4 heteroatoms. The van der Waals surface area contributed by atoms with Crippen LogP contribution in [0.4, 0.5) is 0 Å². The molecule has 0 atom stereocenters. The number of hydrogen-bond acceptors (Lipinski definition) is 3. The maximum absolute atomic E-state index is 9.26. The number of aromatic nitrogens is 2. The molecule has 0 radical (unpaired) electrons. The summed E-state index contributed by atoms with van der Waals surface area (Å²) in [5.41, 5.74) is 3.46. The SMILES string of the molecule is Oc1ccc(-c2cnn3c2CNCC3)cc1. The number of nitrogens with zero attached hydrogens (tertiary/aromatic N) is 2. The van der Waals surface area contributed by atoms with E-state index in [1.165, 1.54) is 5.69 Å². The Balaban J connectivity index is 2.06. The molecule has 4 nitrogen and oxygen atoms in total. The summed E-state index contributed by atoms with van der Waals surface area (Å²) < 4.78 is 2.04. The normalized spacial score (nSPS) is 14.8. The molecule has 0 fully saturated rings. The minimum atomic E-state index is 0.294. The van der Waals surface area contributed by atoms with Gasteiger partial charge in [0.1, 0.15) is 5.75 Å². The second-order valence-electron chi connectivity index (χ2n) is 3.95. The van der Waals surface area contributed by atoms with Crippen LogP contribution in [0.2, 0.25) is 0 Å². The van der Waals surface area contributed by atoms with E-state index < -0.39 is 0 Å². The summed E-state index contributed by atoms with van der Waals surface area (Å²) in [6, 6.07) is 7.24. The molecule has 2 heterocycles. The van der Waals surface area contributed by atoms with Gasteiger partial charge >= 0.3 is 0 Å². The van der Waals surface area contributed by atoms with Crippen molar-refractivity contribution in [2.75, 3.05) is 6.54 Å². The summed E-state index contributed by atoms with van der Waals surface area (Å²) in [6.07, 6.45) is 1.90. The highest BCUT2D eigenvalue weighted by atomic mass is 16.3. The second-order valence-corrected chi connectivity index (χ2v) is 3.95. The van der Waals surface area contributed by atoms with E-state index in [9.17, 15) is 5.11 Å². The molecule has 3 rings (SSSR count). The van der Waals surface area contributed by atoms with Crippen LogP contribution in [0.1, 0.15) is 5.69 Å². The quantitative estimate of drug-likeness (QED) is 0.755. The van der Waals surface area contributed by atoms with Gasteiger partial charge in [0.2, 0.25) is 0 Å². The number of aromatic hydroxyl groups is 1. The highest BCUT2D eigenvalue weighted by Crippen LogP contribution is 2.26. The van der Waals surface area contributed by atoms with Crippen LogP contribution in [-0.2, 0) is 13.1 Å². The highest BCUT2D eigenvalue weighted by Gasteiger charge is 2.15. The van der Waals surface area contributed by atoms with Gasteiger partial charge in [0.25, 0.3) is 0 Å². The lowest BCUT2D eigenvalue weighted by molar-refractivity contribution is 0.475. The molecule has 2 N–H and O–H groups in total. The maximum Gasteiger partial charge on any atom is 0.115 e. The van der Waals surface area contributed by atoms with E-state index in [2.05, 4.69) is 10.4 Å². The van der Waals surface area contributed by atoms with Gasteiger partial charge in [-0.3, -0.25) is 4.68 Å². The molecule has 1 aliphatic heterocycles. The zero-order valence-electron chi connectivity index (χ0n) is 8.85. The molecular formula is C12H13N3O. The van der Waals surface area contributed by atoms with Gasteiger partial charge in [-0.2, -0.15) is 5.10 Å². The Morgan fingerprint density at radius 1 is 1.25 bits per heavy atom. The van der Waals surface area contributed by atoms with Crippen LogP contribution in [0.5, 0.6) is 5.75 Å². The summed E-state index contributed by atoms with van der Waals surface area (Å²) in [6.45, 7) is 2.76. The van der Waals surface area contributed by atoms with E-state index in [1.807, 2.05) is 23.0 Å². The van der Waals surface area contributed by atoms with Crippen molar-refractivity contribution in [1.82, 2.24) is 15.1 Å². The predicted molar refractivity (Wildman–Crippen MR) is 61.0 cm³/mol. The topological polar surface area (TPSA) is 50.1 Å². The summed E-state index contributed by atoms with van der Waals surface area (Å²) >= 11 is 0. The standard InChI is InChI=1S/C12H13N3O/c16-10-3-1-9(2-4-10)11-7-14-15-6-5-13-8-12(11)15/h1-4,7,13,16H,5-6,8H2. The zero-order valence-corrected chi connectivity index (χ0v) is 8.85. The van der Waals surface area contributed by atoms with E-state index in [4.69, 9.17) is 0 Å². The number of fused-ring (bicyclic) bond motifs is 1. The molecule has 1 aromatic carbocycles. The Hall–Kier alpha value is -1.81. The molecule has 82 valence electrons. The summed E-state index contributed by atoms with van der Waals surface area (Å²) in [5, 5.41) is 17.0. The van der Waals surface area contributed by atoms with Crippen molar-refractivity contribution >= 4 is 0 Å². The fourth-order valence-electron chi connectivity index (χ4n) is 2.06. The molecule has 0 spiro atoms. The summed E-state index contributed by atoms with van der Waals surface area (Å²) in [4.78, 5) is 0. The Labute approximate surface area is 93.5 Å². The summed E-state index contributed by atoms with van der Waals surface area (Å²) in [5.74, 6) is 0.294. The molecule has 0 amide bonds. The molecule has 1 aromatic heterocycles. The van der Waals surface area contributed by atoms with Crippen LogP contribution >= 0.6 is 0 Å². The van der Waals surface area contributed by atoms with Gasteiger partial charge in [0.05, 0.1) is 18.4 Å². The molecule has 0 saturated carbocycles. The molecule has 2 aromatic rings. The van der Waals surface area contributed by atoms with Crippen LogP contribution in [0.15, 0.2) is 30.5 Å². The average molecular weight is 215 g/mol. The minimum Gasteiger partial charge on any atom is -0.508 e. The van der Waals surface area contributed by atoms with E-state index in [1.54, 1.807) is 12.1 Å². The van der Waals surface area contributed by atoms with Gasteiger partial charge in [-0.1, -0.05) is 12.1 Å². The van der Waals surface area contributed by atoms with Crippen molar-refractivity contribution in [2.24, 2.45) is 0 Å². The Morgan fingerprint density at radius 3 is 2.88 bits per heavy atom. The fraction of sp³-hybridized carbons (Fsp3) is 0.250. The minimum absolute atomic E-state index is 0.294. The average Bonchev–Trinajstić information content (AvgIpc) is 2.74. The van der Waals surface area contributed by atoms with Crippen molar-refractivity contribution in [3.63, 3.8) is 0 Å². The van der Waals surface area contributed by atoms with Crippen LogP contribution in [-0.4, -0.2) is 21.4 Å². The maximum atomic E-state index is 9.26. The molecule has 0 unspecified atom stereocenters. The lowest BCUT2D eigenvalue weighted by atomic mass is 10.1. The second kappa shape index (κ2) is 3.64. The molecule has 16 heavy (non-hydrogen) atoms. The van der Waals surface area contributed by atoms with Gasteiger partial charge in [0.15, 0.2) is 0 Å². The molecule has 0 bridgehead atoms. The van der Waals surface area contributed by atoms with Crippen molar-refractivity contribution < 1.29 is 5.11 Å². The highest BCUT2D eigenvalue weighted by molar-refractivity contribution is 5.66. The van der Waals surface area contributed by atoms with Gasteiger partial charge in [-0.05, 0) is 17.7 Å². The van der Waals surface area contributed by atoms with Gasteiger partial charge in [-0.25, -0.2) is 0 Å². The fourth-order valence-corrected chi connectivity index (χ4v) is 2.06. The molecular weight excluding hydrogens is 202 g/mol. The number of nitrogens with one attached hydrogen (secondary N) is 1. The largest absolute Gasteiger partial charge is 0.508 e.